The number of ether oxygens (including phenoxy) is 2. The number of nitrogens with one attached hydrogen (secondary N) is 1. The number of para-hydroxylation sites is 1. The van der Waals surface area contributed by atoms with Crippen molar-refractivity contribution in [1.29, 1.82) is 0 Å². The molecule has 6 nitrogen and oxygen atoms in total. The quantitative estimate of drug-likeness (QED) is 0.731. The van der Waals surface area contributed by atoms with Gasteiger partial charge >= 0.3 is 5.97 Å². The van der Waals surface area contributed by atoms with Gasteiger partial charge in [0.25, 0.3) is 5.91 Å². The molecule has 0 radical (unpaired) electrons. The van der Waals surface area contributed by atoms with E-state index in [0.29, 0.717) is 22.9 Å². The van der Waals surface area contributed by atoms with Gasteiger partial charge in [0.1, 0.15) is 17.3 Å². The largest absolute Gasteiger partial charge is 0.457 e. The van der Waals surface area contributed by atoms with Gasteiger partial charge < -0.3 is 14.8 Å². The van der Waals surface area contributed by atoms with Crippen LogP contribution in [0.1, 0.15) is 6.92 Å². The molecule has 1 amide bonds. The van der Waals surface area contributed by atoms with Crippen LogP contribution in [0.2, 0.25) is 0 Å². The number of rotatable bonds is 8. The molecule has 0 aromatic heterocycles. The first kappa shape index (κ1) is 18.7. The van der Waals surface area contributed by atoms with Crippen LogP contribution in [0.25, 0.3) is 0 Å². The lowest BCUT2D eigenvalue weighted by Gasteiger charge is -2.09. The van der Waals surface area contributed by atoms with Gasteiger partial charge in [-0.1, -0.05) is 31.2 Å². The minimum Gasteiger partial charge on any atom is -0.457 e. The zero-order valence-corrected chi connectivity index (χ0v) is 14.6. The van der Waals surface area contributed by atoms with E-state index in [2.05, 4.69) is 5.32 Å². The Morgan fingerprint density at radius 3 is 2.48 bits per heavy atom. The van der Waals surface area contributed by atoms with E-state index in [1.165, 1.54) is 0 Å². The van der Waals surface area contributed by atoms with Crippen LogP contribution >= 0.6 is 0 Å². The van der Waals surface area contributed by atoms with E-state index < -0.39 is 29.3 Å². The number of hydrogen-bond acceptors (Lipinski definition) is 5. The molecule has 0 bridgehead atoms. The van der Waals surface area contributed by atoms with Crippen molar-refractivity contribution < 1.29 is 23.3 Å². The molecule has 0 heterocycles. The van der Waals surface area contributed by atoms with Crippen molar-refractivity contribution in [1.82, 2.24) is 0 Å². The third kappa shape index (κ3) is 6.76. The maximum Gasteiger partial charge on any atom is 0.319 e. The molecule has 0 aliphatic heterocycles. The first-order chi connectivity index (χ1) is 12.1. The number of esters is 1. The van der Waals surface area contributed by atoms with Gasteiger partial charge in [0.15, 0.2) is 6.61 Å². The van der Waals surface area contributed by atoms with Gasteiger partial charge in [0.05, 0.1) is 0 Å². The van der Waals surface area contributed by atoms with E-state index in [0.717, 1.165) is 0 Å². The van der Waals surface area contributed by atoms with Crippen molar-refractivity contribution in [3.8, 4) is 11.5 Å². The molecule has 2 rings (SSSR count). The molecule has 1 N–H and O–H groups in total. The third-order valence-electron chi connectivity index (χ3n) is 3.06. The van der Waals surface area contributed by atoms with Gasteiger partial charge in [-0.2, -0.15) is 0 Å². The minimum absolute atomic E-state index is 0.204. The molecule has 25 heavy (non-hydrogen) atoms. The fraction of sp³-hybridized carbons (Fsp3) is 0.222. The molecule has 132 valence electrons. The van der Waals surface area contributed by atoms with Crippen molar-refractivity contribution in [3.05, 3.63) is 54.6 Å². The second-order valence-corrected chi connectivity index (χ2v) is 6.77. The maximum atomic E-state index is 11.8. The van der Waals surface area contributed by atoms with Crippen LogP contribution in [0, 0.1) is 0 Å². The number of amides is 1. The zero-order valence-electron chi connectivity index (χ0n) is 13.8. The van der Waals surface area contributed by atoms with Gasteiger partial charge in [-0.25, -0.2) is 0 Å². The second kappa shape index (κ2) is 9.58. The van der Waals surface area contributed by atoms with E-state index in [1.54, 1.807) is 31.2 Å². The fourth-order valence-corrected chi connectivity index (χ4v) is 2.43. The predicted molar refractivity (Wildman–Crippen MR) is 96.1 cm³/mol. The van der Waals surface area contributed by atoms with Crippen LogP contribution in [0.5, 0.6) is 11.5 Å². The average Bonchev–Trinajstić information content (AvgIpc) is 2.61. The first-order valence-electron chi connectivity index (χ1n) is 7.70. The summed E-state index contributed by atoms with van der Waals surface area (Å²) >= 11 is 0. The minimum atomic E-state index is -1.26. The summed E-state index contributed by atoms with van der Waals surface area (Å²) in [5, 5.41) is 2.62. The van der Waals surface area contributed by atoms with Crippen molar-refractivity contribution in [2.75, 3.05) is 23.4 Å². The highest BCUT2D eigenvalue weighted by molar-refractivity contribution is 7.85. The Balaban J connectivity index is 1.85. The van der Waals surface area contributed by atoms with E-state index in [1.807, 2.05) is 30.3 Å². The summed E-state index contributed by atoms with van der Waals surface area (Å²) < 4.78 is 21.7. The van der Waals surface area contributed by atoms with Crippen LogP contribution in [0.3, 0.4) is 0 Å². The highest BCUT2D eigenvalue weighted by Crippen LogP contribution is 2.23. The van der Waals surface area contributed by atoms with Gasteiger partial charge in [0, 0.05) is 28.3 Å². The smallest absolute Gasteiger partial charge is 0.319 e. The molecule has 0 saturated carbocycles. The van der Waals surface area contributed by atoms with Crippen LogP contribution in [-0.2, 0) is 25.1 Å². The lowest BCUT2D eigenvalue weighted by atomic mass is 10.3. The molecule has 7 heteroatoms. The van der Waals surface area contributed by atoms with Crippen LogP contribution < -0.4 is 10.1 Å². The molecular weight excluding hydrogens is 342 g/mol. The Bertz CT molecular complexity index is 748. The molecule has 2 aromatic rings. The van der Waals surface area contributed by atoms with Crippen LogP contribution in [-0.4, -0.2) is 34.2 Å². The summed E-state index contributed by atoms with van der Waals surface area (Å²) in [6.45, 7) is 1.28. The summed E-state index contributed by atoms with van der Waals surface area (Å²) in [7, 11) is -1.26. The highest BCUT2D eigenvalue weighted by Gasteiger charge is 2.11. The Morgan fingerprint density at radius 2 is 1.76 bits per heavy atom. The summed E-state index contributed by atoms with van der Waals surface area (Å²) in [5.74, 6) is 0.284. The molecule has 0 aliphatic carbocycles. The molecule has 0 spiro atoms. The normalized spacial score (nSPS) is 11.4. The van der Waals surface area contributed by atoms with Crippen molar-refractivity contribution in [3.63, 3.8) is 0 Å². The van der Waals surface area contributed by atoms with Gasteiger partial charge in [-0.3, -0.25) is 13.8 Å². The van der Waals surface area contributed by atoms with E-state index in [9.17, 15) is 13.8 Å². The molecule has 0 unspecified atom stereocenters. The number of hydrogen-bond donors (Lipinski definition) is 1. The third-order valence-corrected chi connectivity index (χ3v) is 4.26. The van der Waals surface area contributed by atoms with E-state index in [4.69, 9.17) is 9.47 Å². The lowest BCUT2D eigenvalue weighted by Crippen LogP contribution is -2.23. The fourth-order valence-electron chi connectivity index (χ4n) is 1.88. The van der Waals surface area contributed by atoms with Crippen molar-refractivity contribution in [2.45, 2.75) is 6.92 Å². The maximum absolute atomic E-state index is 11.8. The second-order valence-electron chi connectivity index (χ2n) is 5.02. The Kier molecular flexibility index (Phi) is 7.16. The Hall–Kier alpha value is -2.67. The number of anilines is 1. The van der Waals surface area contributed by atoms with E-state index >= 15 is 0 Å². The molecule has 0 aliphatic rings. The Morgan fingerprint density at radius 1 is 1.04 bits per heavy atom. The SMILES string of the molecule is CC[S@@](=O)CC(=O)OCC(=O)Nc1cccc(Oc2ccccc2)c1. The van der Waals surface area contributed by atoms with Crippen LogP contribution in [0.15, 0.2) is 54.6 Å². The van der Waals surface area contributed by atoms with Crippen molar-refractivity contribution in [2.24, 2.45) is 0 Å². The standard InChI is InChI=1S/C18H19NO5S/c1-2-25(22)13-18(21)23-12-17(20)19-14-7-6-10-16(11-14)24-15-8-4-3-5-9-15/h3-11H,2,12-13H2,1H3,(H,19,20)/t25-/m1/s1. The molecule has 2 aromatic carbocycles. The average molecular weight is 361 g/mol. The van der Waals surface area contributed by atoms with Crippen LogP contribution in [0.4, 0.5) is 5.69 Å². The monoisotopic (exact) mass is 361 g/mol. The van der Waals surface area contributed by atoms with Gasteiger partial charge in [-0.15, -0.1) is 0 Å². The first-order valence-corrected chi connectivity index (χ1v) is 9.19. The number of benzene rings is 2. The van der Waals surface area contributed by atoms with Gasteiger partial charge in [0.2, 0.25) is 0 Å². The number of carbonyl (C=O) groups is 2. The summed E-state index contributed by atoms with van der Waals surface area (Å²) in [5.41, 5.74) is 0.520. The van der Waals surface area contributed by atoms with Gasteiger partial charge in [-0.05, 0) is 24.3 Å². The summed E-state index contributed by atoms with van der Waals surface area (Å²) in [6.07, 6.45) is 0. The molecular formula is C18H19NO5S. The molecule has 0 fully saturated rings. The predicted octanol–water partition coefficient (Wildman–Crippen LogP) is 2.73. The van der Waals surface area contributed by atoms with Crippen molar-refractivity contribution >= 4 is 28.4 Å². The Labute approximate surface area is 148 Å². The topological polar surface area (TPSA) is 81.7 Å². The summed E-state index contributed by atoms with van der Waals surface area (Å²) in [6, 6.07) is 16.1. The summed E-state index contributed by atoms with van der Waals surface area (Å²) in [4.78, 5) is 23.2. The lowest BCUT2D eigenvalue weighted by molar-refractivity contribution is -0.144. The zero-order chi connectivity index (χ0) is 18.1. The molecule has 1 atom stereocenters. The highest BCUT2D eigenvalue weighted by atomic mass is 32.2. The molecule has 0 saturated heterocycles. The van der Waals surface area contributed by atoms with E-state index in [-0.39, 0.29) is 5.75 Å². The number of carbonyl (C=O) groups excluding carboxylic acids is 2.